The van der Waals surface area contributed by atoms with Gasteiger partial charge in [0.15, 0.2) is 5.78 Å². The number of primary amides is 1. The van der Waals surface area contributed by atoms with Crippen molar-refractivity contribution in [2.45, 2.75) is 27.3 Å². The van der Waals surface area contributed by atoms with Crippen molar-refractivity contribution < 1.29 is 9.59 Å². The molecule has 1 amide bonds. The first-order chi connectivity index (χ1) is 13.8. The number of aromatic nitrogens is 1. The van der Waals surface area contributed by atoms with Gasteiger partial charge in [0, 0.05) is 35.1 Å². The summed E-state index contributed by atoms with van der Waals surface area (Å²) < 4.78 is 1.98. The molecule has 0 spiro atoms. The predicted octanol–water partition coefficient (Wildman–Crippen LogP) is 5.13. The van der Waals surface area contributed by atoms with Crippen LogP contribution in [0, 0.1) is 12.8 Å². The van der Waals surface area contributed by atoms with Gasteiger partial charge in [-0.1, -0.05) is 62.9 Å². The largest absolute Gasteiger partial charge is 0.366 e. The van der Waals surface area contributed by atoms with Crippen molar-refractivity contribution in [3.63, 3.8) is 0 Å². The lowest BCUT2D eigenvalue weighted by Gasteiger charge is -2.10. The number of rotatable bonds is 7. The predicted molar refractivity (Wildman–Crippen MR) is 119 cm³/mol. The summed E-state index contributed by atoms with van der Waals surface area (Å²) in [7, 11) is 0. The highest BCUT2D eigenvalue weighted by Gasteiger charge is 2.17. The zero-order chi connectivity index (χ0) is 21.1. The van der Waals surface area contributed by atoms with Gasteiger partial charge in [0.2, 0.25) is 0 Å². The lowest BCUT2D eigenvalue weighted by atomic mass is 9.99. The van der Waals surface area contributed by atoms with Crippen LogP contribution in [-0.4, -0.2) is 16.3 Å². The van der Waals surface area contributed by atoms with Crippen molar-refractivity contribution in [1.82, 2.24) is 4.57 Å². The van der Waals surface area contributed by atoms with Crippen LogP contribution in [0.25, 0.3) is 17.0 Å². The number of hydrogen-bond acceptors (Lipinski definition) is 2. The van der Waals surface area contributed by atoms with Crippen LogP contribution in [0.2, 0.25) is 0 Å². The van der Waals surface area contributed by atoms with Gasteiger partial charge in [0.05, 0.1) is 5.56 Å². The summed E-state index contributed by atoms with van der Waals surface area (Å²) in [5, 5.41) is 0.761. The van der Waals surface area contributed by atoms with Gasteiger partial charge in [-0.25, -0.2) is 0 Å². The van der Waals surface area contributed by atoms with Crippen LogP contribution < -0.4 is 5.73 Å². The Kier molecular flexibility index (Phi) is 5.83. The SMILES string of the molecule is C=C/C=C\c1cc(Cn2cc(C(N)=O)c3ccc(C(=O)C(C)C)cc32)ccc1C. The number of aryl methyl sites for hydroxylation is 1. The number of benzene rings is 2. The van der Waals surface area contributed by atoms with E-state index in [0.29, 0.717) is 17.7 Å². The Morgan fingerprint density at radius 2 is 1.93 bits per heavy atom. The molecule has 0 fully saturated rings. The van der Waals surface area contributed by atoms with Crippen molar-refractivity contribution in [3.05, 3.63) is 89.1 Å². The van der Waals surface area contributed by atoms with Crippen LogP contribution in [0.4, 0.5) is 0 Å². The van der Waals surface area contributed by atoms with E-state index < -0.39 is 5.91 Å². The quantitative estimate of drug-likeness (QED) is 0.452. The Bertz CT molecular complexity index is 1130. The zero-order valence-corrected chi connectivity index (χ0v) is 17.1. The molecule has 0 aliphatic carbocycles. The molecule has 148 valence electrons. The van der Waals surface area contributed by atoms with E-state index in [0.717, 1.165) is 22.0 Å². The van der Waals surface area contributed by atoms with Gasteiger partial charge in [0.1, 0.15) is 0 Å². The van der Waals surface area contributed by atoms with Crippen LogP contribution in [0.1, 0.15) is 51.3 Å². The molecule has 29 heavy (non-hydrogen) atoms. The Morgan fingerprint density at radius 3 is 2.59 bits per heavy atom. The van der Waals surface area contributed by atoms with Gasteiger partial charge < -0.3 is 10.3 Å². The van der Waals surface area contributed by atoms with Crippen molar-refractivity contribution in [1.29, 1.82) is 0 Å². The Labute approximate surface area is 171 Å². The van der Waals surface area contributed by atoms with E-state index in [1.165, 1.54) is 5.56 Å². The summed E-state index contributed by atoms with van der Waals surface area (Å²) in [5.41, 5.74) is 10.9. The molecule has 2 aromatic carbocycles. The fraction of sp³-hybridized carbons (Fsp3) is 0.200. The van der Waals surface area contributed by atoms with E-state index in [-0.39, 0.29) is 11.7 Å². The molecule has 0 unspecified atom stereocenters. The summed E-state index contributed by atoms with van der Waals surface area (Å²) in [6.07, 6.45) is 7.45. The Hall–Kier alpha value is -3.40. The Morgan fingerprint density at radius 1 is 1.17 bits per heavy atom. The number of allylic oxidation sites excluding steroid dienone is 2. The third-order valence-corrected chi connectivity index (χ3v) is 5.07. The normalized spacial score (nSPS) is 11.4. The first-order valence-corrected chi connectivity index (χ1v) is 9.67. The molecule has 0 saturated carbocycles. The lowest BCUT2D eigenvalue weighted by molar-refractivity contribution is 0.0938. The number of Topliss-reactive ketones (excluding diaryl/α,β-unsaturated/α-hetero) is 1. The minimum atomic E-state index is -0.477. The van der Waals surface area contributed by atoms with E-state index in [9.17, 15) is 9.59 Å². The molecule has 3 rings (SSSR count). The van der Waals surface area contributed by atoms with Gasteiger partial charge >= 0.3 is 0 Å². The maximum Gasteiger partial charge on any atom is 0.250 e. The summed E-state index contributed by atoms with van der Waals surface area (Å²) >= 11 is 0. The number of ketones is 1. The molecule has 0 aliphatic rings. The van der Waals surface area contributed by atoms with Crippen molar-refractivity contribution in [3.8, 4) is 0 Å². The topological polar surface area (TPSA) is 65.1 Å². The fourth-order valence-electron chi connectivity index (χ4n) is 3.44. The standard InChI is InChI=1S/C25H26N2O2/c1-5-6-7-19-12-18(9-8-17(19)4)14-27-15-22(25(26)29)21-11-10-20(13-23(21)27)24(28)16(2)3/h5-13,15-16H,1,14H2,2-4H3,(H2,26,29)/b7-6-. The van der Waals surface area contributed by atoms with Gasteiger partial charge in [0.25, 0.3) is 5.91 Å². The molecule has 3 aromatic rings. The smallest absolute Gasteiger partial charge is 0.250 e. The van der Waals surface area contributed by atoms with Crippen LogP contribution in [0.5, 0.6) is 0 Å². The third-order valence-electron chi connectivity index (χ3n) is 5.07. The average molecular weight is 386 g/mol. The van der Waals surface area contributed by atoms with E-state index in [2.05, 4.69) is 31.7 Å². The number of amides is 1. The van der Waals surface area contributed by atoms with E-state index in [1.54, 1.807) is 18.3 Å². The summed E-state index contributed by atoms with van der Waals surface area (Å²) in [6, 6.07) is 11.7. The van der Waals surface area contributed by atoms with E-state index >= 15 is 0 Å². The zero-order valence-electron chi connectivity index (χ0n) is 17.1. The second-order valence-electron chi connectivity index (χ2n) is 7.57. The van der Waals surface area contributed by atoms with E-state index in [4.69, 9.17) is 5.73 Å². The molecule has 0 aliphatic heterocycles. The monoisotopic (exact) mass is 386 g/mol. The average Bonchev–Trinajstić information content (AvgIpc) is 3.05. The number of hydrogen-bond donors (Lipinski definition) is 1. The summed E-state index contributed by atoms with van der Waals surface area (Å²) in [5.74, 6) is -0.495. The second kappa shape index (κ2) is 8.31. The first-order valence-electron chi connectivity index (χ1n) is 9.67. The maximum absolute atomic E-state index is 12.5. The van der Waals surface area contributed by atoms with Crippen LogP contribution in [0.3, 0.4) is 0 Å². The number of nitrogens with two attached hydrogens (primary N) is 1. The molecule has 1 heterocycles. The summed E-state index contributed by atoms with van der Waals surface area (Å²) in [6.45, 7) is 10.1. The maximum atomic E-state index is 12.5. The molecular weight excluding hydrogens is 360 g/mol. The number of nitrogens with zero attached hydrogens (tertiary/aromatic N) is 1. The molecule has 4 heteroatoms. The molecular formula is C25H26N2O2. The molecule has 1 aromatic heterocycles. The van der Waals surface area contributed by atoms with Crippen molar-refractivity contribution in [2.24, 2.45) is 11.7 Å². The van der Waals surface area contributed by atoms with Gasteiger partial charge in [-0.3, -0.25) is 9.59 Å². The van der Waals surface area contributed by atoms with Gasteiger partial charge in [-0.05, 0) is 35.7 Å². The van der Waals surface area contributed by atoms with Crippen LogP contribution >= 0.6 is 0 Å². The lowest BCUT2D eigenvalue weighted by Crippen LogP contribution is -2.10. The molecule has 2 N–H and O–H groups in total. The minimum absolute atomic E-state index is 0.0764. The number of carbonyl (C=O) groups is 2. The second-order valence-corrected chi connectivity index (χ2v) is 7.57. The molecule has 0 saturated heterocycles. The highest BCUT2D eigenvalue weighted by atomic mass is 16.1. The first kappa shape index (κ1) is 20.3. The van der Waals surface area contributed by atoms with Gasteiger partial charge in [-0.2, -0.15) is 0 Å². The van der Waals surface area contributed by atoms with E-state index in [1.807, 2.05) is 42.7 Å². The molecule has 0 radical (unpaired) electrons. The van der Waals surface area contributed by atoms with Crippen molar-refractivity contribution >= 4 is 28.7 Å². The van der Waals surface area contributed by atoms with Crippen molar-refractivity contribution in [2.75, 3.05) is 0 Å². The third kappa shape index (κ3) is 4.21. The highest BCUT2D eigenvalue weighted by molar-refractivity contribution is 6.08. The number of carbonyl (C=O) groups excluding carboxylic acids is 2. The minimum Gasteiger partial charge on any atom is -0.366 e. The van der Waals surface area contributed by atoms with Gasteiger partial charge in [-0.15, -0.1) is 0 Å². The molecule has 0 atom stereocenters. The number of fused-ring (bicyclic) bond motifs is 1. The Balaban J connectivity index is 2.10. The van der Waals surface area contributed by atoms with Crippen LogP contribution in [-0.2, 0) is 6.54 Å². The molecule has 0 bridgehead atoms. The summed E-state index contributed by atoms with van der Waals surface area (Å²) in [4.78, 5) is 24.4. The van der Waals surface area contributed by atoms with Crippen LogP contribution in [0.15, 0.2) is 61.3 Å². The fourth-order valence-corrected chi connectivity index (χ4v) is 3.44. The highest BCUT2D eigenvalue weighted by Crippen LogP contribution is 2.25. The molecule has 4 nitrogen and oxygen atoms in total.